The Morgan fingerprint density at radius 1 is 0.840 bits per heavy atom. The number of imidazole rings is 1. The van der Waals surface area contributed by atoms with Crippen molar-refractivity contribution in [3.63, 3.8) is 0 Å². The molecule has 25 heavy (non-hydrogen) atoms. The zero-order chi connectivity index (χ0) is 17.4. The Kier molecular flexibility index (Phi) is 3.57. The minimum Gasteiger partial charge on any atom is -0.384 e. The summed E-state index contributed by atoms with van der Waals surface area (Å²) in [5, 5.41) is 0. The molecular formula is C19H18N6. The summed E-state index contributed by atoms with van der Waals surface area (Å²) in [7, 11) is 4.06. The number of nitrogens with zero attached hydrogens (tertiary/aromatic N) is 5. The lowest BCUT2D eigenvalue weighted by Gasteiger charge is -2.12. The van der Waals surface area contributed by atoms with E-state index in [0.717, 1.165) is 33.8 Å². The van der Waals surface area contributed by atoms with Crippen LogP contribution in [-0.2, 0) is 0 Å². The maximum absolute atomic E-state index is 5.66. The first-order valence-corrected chi connectivity index (χ1v) is 7.94. The van der Waals surface area contributed by atoms with E-state index in [1.807, 2.05) is 37.0 Å². The van der Waals surface area contributed by atoms with Gasteiger partial charge < -0.3 is 10.6 Å². The number of benzene rings is 1. The van der Waals surface area contributed by atoms with Gasteiger partial charge in [-0.3, -0.25) is 9.38 Å². The van der Waals surface area contributed by atoms with E-state index < -0.39 is 0 Å². The number of hydrogen-bond acceptors (Lipinski definition) is 5. The van der Waals surface area contributed by atoms with Crippen molar-refractivity contribution in [2.24, 2.45) is 0 Å². The Balaban J connectivity index is 1.79. The van der Waals surface area contributed by atoms with E-state index >= 15 is 0 Å². The summed E-state index contributed by atoms with van der Waals surface area (Å²) in [6.07, 6.45) is 7.34. The van der Waals surface area contributed by atoms with Gasteiger partial charge in [0.2, 0.25) is 0 Å². The van der Waals surface area contributed by atoms with Crippen molar-refractivity contribution in [3.8, 4) is 22.5 Å². The minimum absolute atomic E-state index is 0.495. The van der Waals surface area contributed by atoms with Crippen LogP contribution < -0.4 is 10.6 Å². The summed E-state index contributed by atoms with van der Waals surface area (Å²) in [6.45, 7) is 0. The lowest BCUT2D eigenvalue weighted by molar-refractivity contribution is 1.12. The fraction of sp³-hybridized carbons (Fsp3) is 0.105. The molecular weight excluding hydrogens is 312 g/mol. The van der Waals surface area contributed by atoms with Gasteiger partial charge in [-0.05, 0) is 24.3 Å². The number of aromatic nitrogens is 4. The van der Waals surface area contributed by atoms with Gasteiger partial charge in [0.1, 0.15) is 5.82 Å². The van der Waals surface area contributed by atoms with Gasteiger partial charge in [-0.1, -0.05) is 12.1 Å². The molecule has 2 N–H and O–H groups in total. The molecule has 0 saturated carbocycles. The zero-order valence-corrected chi connectivity index (χ0v) is 14.1. The first-order chi connectivity index (χ1) is 12.1. The Hall–Kier alpha value is -3.41. The molecule has 0 aliphatic carbocycles. The van der Waals surface area contributed by atoms with Crippen LogP contribution in [0.2, 0.25) is 0 Å². The maximum atomic E-state index is 5.66. The van der Waals surface area contributed by atoms with Gasteiger partial charge in [-0.2, -0.15) is 0 Å². The molecule has 4 rings (SSSR count). The van der Waals surface area contributed by atoms with Crippen LogP contribution in [0.3, 0.4) is 0 Å². The van der Waals surface area contributed by atoms with Crippen molar-refractivity contribution in [2.75, 3.05) is 24.7 Å². The topological polar surface area (TPSA) is 72.3 Å². The van der Waals surface area contributed by atoms with Gasteiger partial charge in [0, 0.05) is 43.3 Å². The van der Waals surface area contributed by atoms with Crippen LogP contribution in [0.4, 0.5) is 11.5 Å². The number of nitrogen functional groups attached to an aromatic ring is 1. The summed E-state index contributed by atoms with van der Waals surface area (Å²) in [4.78, 5) is 15.2. The fourth-order valence-corrected chi connectivity index (χ4v) is 2.74. The lowest BCUT2D eigenvalue weighted by atomic mass is 10.1. The highest BCUT2D eigenvalue weighted by molar-refractivity contribution is 5.68. The van der Waals surface area contributed by atoms with Gasteiger partial charge in [-0.15, -0.1) is 0 Å². The smallest absolute Gasteiger partial charge is 0.155 e. The van der Waals surface area contributed by atoms with E-state index in [2.05, 4.69) is 44.1 Å². The number of hydrogen-bond donors (Lipinski definition) is 1. The highest BCUT2D eigenvalue weighted by Gasteiger charge is 2.09. The summed E-state index contributed by atoms with van der Waals surface area (Å²) >= 11 is 0. The van der Waals surface area contributed by atoms with Gasteiger partial charge in [0.05, 0.1) is 23.8 Å². The number of rotatable bonds is 3. The van der Waals surface area contributed by atoms with E-state index in [0.29, 0.717) is 5.82 Å². The van der Waals surface area contributed by atoms with E-state index in [1.165, 1.54) is 0 Å². The van der Waals surface area contributed by atoms with Gasteiger partial charge in [-0.25, -0.2) is 9.97 Å². The summed E-state index contributed by atoms with van der Waals surface area (Å²) < 4.78 is 2.04. The molecule has 0 bridgehead atoms. The number of pyridine rings is 1. The third-order valence-corrected chi connectivity index (χ3v) is 4.16. The van der Waals surface area contributed by atoms with Crippen molar-refractivity contribution < 1.29 is 0 Å². The Morgan fingerprint density at radius 2 is 1.60 bits per heavy atom. The molecule has 0 aliphatic rings. The minimum atomic E-state index is 0.495. The lowest BCUT2D eigenvalue weighted by Crippen LogP contribution is -2.07. The largest absolute Gasteiger partial charge is 0.384 e. The molecule has 6 nitrogen and oxygen atoms in total. The van der Waals surface area contributed by atoms with E-state index in [1.54, 1.807) is 18.5 Å². The number of nitrogens with two attached hydrogens (primary N) is 1. The number of fused-ring (bicyclic) bond motifs is 1. The fourth-order valence-electron chi connectivity index (χ4n) is 2.74. The predicted octanol–water partition coefficient (Wildman–Crippen LogP) is 3.11. The van der Waals surface area contributed by atoms with Crippen LogP contribution in [0.25, 0.3) is 28.2 Å². The van der Waals surface area contributed by atoms with Crippen molar-refractivity contribution in [1.82, 2.24) is 19.4 Å². The van der Waals surface area contributed by atoms with Crippen molar-refractivity contribution in [1.29, 1.82) is 0 Å². The molecule has 0 atom stereocenters. The molecule has 3 heterocycles. The van der Waals surface area contributed by atoms with Crippen molar-refractivity contribution in [3.05, 3.63) is 61.2 Å². The van der Waals surface area contributed by atoms with Crippen LogP contribution in [0, 0.1) is 0 Å². The molecule has 0 spiro atoms. The molecule has 0 radical (unpaired) electrons. The van der Waals surface area contributed by atoms with Gasteiger partial charge >= 0.3 is 0 Å². The average Bonchev–Trinajstić information content (AvgIpc) is 3.05. The Labute approximate surface area is 145 Å². The zero-order valence-electron chi connectivity index (χ0n) is 14.1. The molecule has 0 saturated heterocycles. The third-order valence-electron chi connectivity index (χ3n) is 4.16. The second-order valence-corrected chi connectivity index (χ2v) is 6.06. The molecule has 0 amide bonds. The van der Waals surface area contributed by atoms with Crippen LogP contribution in [0.5, 0.6) is 0 Å². The molecule has 0 aliphatic heterocycles. The predicted molar refractivity (Wildman–Crippen MR) is 100 cm³/mol. The van der Waals surface area contributed by atoms with Crippen molar-refractivity contribution in [2.45, 2.75) is 0 Å². The first kappa shape index (κ1) is 15.1. The van der Waals surface area contributed by atoms with Crippen LogP contribution in [-0.4, -0.2) is 33.4 Å². The first-order valence-electron chi connectivity index (χ1n) is 7.94. The molecule has 3 aromatic heterocycles. The Morgan fingerprint density at radius 3 is 2.28 bits per heavy atom. The summed E-state index contributed by atoms with van der Waals surface area (Å²) in [5.41, 5.74) is 11.5. The maximum Gasteiger partial charge on any atom is 0.155 e. The van der Waals surface area contributed by atoms with E-state index in [9.17, 15) is 0 Å². The third kappa shape index (κ3) is 2.78. The SMILES string of the molecule is CN(C)c1ccc(-c2cnc3cnc(-c4ccc(N)nc4)cn23)cc1. The Bertz CT molecular complexity index is 1020. The standard InChI is InChI=1S/C19H18N6/c1-24(2)15-6-3-13(4-7-15)17-10-23-19-11-21-16(12-25(17)19)14-5-8-18(20)22-9-14/h3-12H,1-2H3,(H2,20,22). The normalized spacial score (nSPS) is 11.0. The molecule has 0 unspecified atom stereocenters. The molecule has 1 aromatic carbocycles. The molecule has 4 aromatic rings. The molecule has 0 fully saturated rings. The monoisotopic (exact) mass is 330 g/mol. The van der Waals surface area contributed by atoms with Gasteiger partial charge in [0.25, 0.3) is 0 Å². The second-order valence-electron chi connectivity index (χ2n) is 6.06. The average molecular weight is 330 g/mol. The van der Waals surface area contributed by atoms with Crippen LogP contribution in [0.15, 0.2) is 61.2 Å². The highest BCUT2D eigenvalue weighted by atomic mass is 15.1. The second kappa shape index (κ2) is 5.90. The van der Waals surface area contributed by atoms with Crippen molar-refractivity contribution >= 4 is 17.2 Å². The van der Waals surface area contributed by atoms with E-state index in [-0.39, 0.29) is 0 Å². The van der Waals surface area contributed by atoms with Crippen LogP contribution >= 0.6 is 0 Å². The highest BCUT2D eigenvalue weighted by Crippen LogP contribution is 2.25. The van der Waals surface area contributed by atoms with E-state index in [4.69, 9.17) is 5.73 Å². The van der Waals surface area contributed by atoms with Crippen LogP contribution in [0.1, 0.15) is 0 Å². The molecule has 124 valence electrons. The molecule has 6 heteroatoms. The number of anilines is 2. The summed E-state index contributed by atoms with van der Waals surface area (Å²) in [6, 6.07) is 12.1. The summed E-state index contributed by atoms with van der Waals surface area (Å²) in [5.74, 6) is 0.495. The van der Waals surface area contributed by atoms with Gasteiger partial charge in [0.15, 0.2) is 5.65 Å². The quantitative estimate of drug-likeness (QED) is 0.625.